The molecule has 0 saturated carbocycles. The summed E-state index contributed by atoms with van der Waals surface area (Å²) in [6.07, 6.45) is 0. The van der Waals surface area contributed by atoms with Gasteiger partial charge in [-0.15, -0.1) is 0 Å². The number of carboxylic acids is 1. The van der Waals surface area contributed by atoms with E-state index in [1.807, 2.05) is 0 Å². The third kappa shape index (κ3) is 3.81. The molecule has 10 heteroatoms. The van der Waals surface area contributed by atoms with Crippen molar-refractivity contribution in [2.75, 3.05) is 4.31 Å². The van der Waals surface area contributed by atoms with Gasteiger partial charge in [0.2, 0.25) is 0 Å². The third-order valence-electron chi connectivity index (χ3n) is 4.75. The number of hydrogen-bond donors (Lipinski definition) is 1. The van der Waals surface area contributed by atoms with Gasteiger partial charge in [0.15, 0.2) is 0 Å². The normalized spacial score (nSPS) is 11.4. The molecule has 0 aliphatic rings. The minimum Gasteiger partial charge on any atom is -0.478 e. The first-order valence-electron chi connectivity index (χ1n) is 9.21. The highest BCUT2D eigenvalue weighted by Crippen LogP contribution is 2.30. The van der Waals surface area contributed by atoms with E-state index in [-0.39, 0.29) is 27.3 Å². The Morgan fingerprint density at radius 2 is 1.69 bits per heavy atom. The molecule has 0 fully saturated rings. The average Bonchev–Trinajstić information content (AvgIpc) is 3.13. The van der Waals surface area contributed by atoms with Crippen LogP contribution in [0, 0.1) is 6.92 Å². The zero-order chi connectivity index (χ0) is 23.0. The van der Waals surface area contributed by atoms with Crippen LogP contribution in [0.15, 0.2) is 80.8 Å². The van der Waals surface area contributed by atoms with Gasteiger partial charge in [-0.1, -0.05) is 29.5 Å². The van der Waals surface area contributed by atoms with Crippen molar-refractivity contribution in [3.05, 3.63) is 93.2 Å². The number of carboxylic acid groups (broad SMARTS) is 1. The average molecular weight is 469 g/mol. The highest BCUT2D eigenvalue weighted by molar-refractivity contribution is 7.93. The Kier molecular flexibility index (Phi) is 5.41. The van der Waals surface area contributed by atoms with E-state index >= 15 is 0 Å². The van der Waals surface area contributed by atoms with Crippen LogP contribution in [-0.2, 0) is 10.0 Å². The number of carbonyl (C=O) groups excluding carboxylic acids is 1. The predicted molar refractivity (Wildman–Crippen MR) is 119 cm³/mol. The second-order valence-electron chi connectivity index (χ2n) is 6.80. The summed E-state index contributed by atoms with van der Waals surface area (Å²) < 4.78 is 33.2. The van der Waals surface area contributed by atoms with E-state index in [4.69, 9.17) is 9.52 Å². The number of aromatic carboxylic acids is 1. The van der Waals surface area contributed by atoms with Crippen molar-refractivity contribution >= 4 is 49.2 Å². The van der Waals surface area contributed by atoms with Gasteiger partial charge in [-0.05, 0) is 61.0 Å². The minimum absolute atomic E-state index is 0.0186. The van der Waals surface area contributed by atoms with E-state index < -0.39 is 26.8 Å². The molecule has 4 rings (SSSR count). The summed E-state index contributed by atoms with van der Waals surface area (Å²) in [5.41, 5.74) is 0.956. The lowest BCUT2D eigenvalue weighted by Gasteiger charge is -2.23. The predicted octanol–water partition coefficient (Wildman–Crippen LogP) is 3.90. The van der Waals surface area contributed by atoms with Gasteiger partial charge in [0.05, 0.1) is 20.8 Å². The topological polar surface area (TPSA) is 122 Å². The lowest BCUT2D eigenvalue weighted by atomic mass is 10.1. The largest absolute Gasteiger partial charge is 0.478 e. The molecule has 0 aliphatic heterocycles. The molecule has 0 aliphatic carbocycles. The Bertz CT molecular complexity index is 1520. The number of rotatable bonds is 5. The summed E-state index contributed by atoms with van der Waals surface area (Å²) in [4.78, 5) is 35.4. The third-order valence-corrected chi connectivity index (χ3v) is 7.26. The van der Waals surface area contributed by atoms with Gasteiger partial charge >= 0.3 is 10.9 Å². The molecule has 162 valence electrons. The SMILES string of the molecule is Cc1ccccc1C(=O)N(c1ccc2oc(=O)sc2c1)S(=O)(=O)c1ccc(C(=O)O)cc1. The van der Waals surface area contributed by atoms with Crippen LogP contribution >= 0.6 is 11.3 Å². The summed E-state index contributed by atoms with van der Waals surface area (Å²) in [6.45, 7) is 1.69. The van der Waals surface area contributed by atoms with E-state index in [1.165, 1.54) is 24.3 Å². The van der Waals surface area contributed by atoms with E-state index in [1.54, 1.807) is 25.1 Å². The van der Waals surface area contributed by atoms with Crippen LogP contribution in [-0.4, -0.2) is 25.4 Å². The molecule has 0 unspecified atom stereocenters. The van der Waals surface area contributed by atoms with Crippen molar-refractivity contribution in [2.45, 2.75) is 11.8 Å². The molecule has 3 aromatic carbocycles. The first-order valence-corrected chi connectivity index (χ1v) is 11.5. The number of anilines is 1. The van der Waals surface area contributed by atoms with Crippen LogP contribution < -0.4 is 9.24 Å². The van der Waals surface area contributed by atoms with Crippen molar-refractivity contribution in [3.63, 3.8) is 0 Å². The van der Waals surface area contributed by atoms with Gasteiger partial charge in [0, 0.05) is 5.56 Å². The van der Waals surface area contributed by atoms with Crippen molar-refractivity contribution in [2.24, 2.45) is 0 Å². The Balaban J connectivity index is 1.91. The van der Waals surface area contributed by atoms with Crippen LogP contribution in [0.2, 0.25) is 0 Å². The van der Waals surface area contributed by atoms with Gasteiger partial charge in [-0.3, -0.25) is 4.79 Å². The maximum atomic E-state index is 13.6. The summed E-state index contributed by atoms with van der Waals surface area (Å²) in [7, 11) is -4.44. The van der Waals surface area contributed by atoms with Crippen molar-refractivity contribution in [1.82, 2.24) is 0 Å². The van der Waals surface area contributed by atoms with Crippen LogP contribution in [0.1, 0.15) is 26.3 Å². The molecule has 1 amide bonds. The Labute approximate surface area is 186 Å². The smallest absolute Gasteiger partial charge is 0.396 e. The molecule has 0 bridgehead atoms. The van der Waals surface area contributed by atoms with Gasteiger partial charge < -0.3 is 9.52 Å². The maximum absolute atomic E-state index is 13.6. The van der Waals surface area contributed by atoms with Crippen LogP contribution in [0.4, 0.5) is 5.69 Å². The number of nitrogens with zero attached hydrogens (tertiary/aromatic N) is 1. The van der Waals surface area contributed by atoms with E-state index in [0.717, 1.165) is 35.6 Å². The summed E-state index contributed by atoms with van der Waals surface area (Å²) >= 11 is 0.786. The molecule has 8 nitrogen and oxygen atoms in total. The van der Waals surface area contributed by atoms with E-state index in [2.05, 4.69) is 0 Å². The molecule has 1 aromatic heterocycles. The fourth-order valence-electron chi connectivity index (χ4n) is 3.15. The second-order valence-corrected chi connectivity index (χ2v) is 9.57. The van der Waals surface area contributed by atoms with Crippen molar-refractivity contribution in [3.8, 4) is 0 Å². The number of aryl methyl sites for hydroxylation is 1. The van der Waals surface area contributed by atoms with E-state index in [9.17, 15) is 22.8 Å². The Morgan fingerprint density at radius 3 is 2.34 bits per heavy atom. The van der Waals surface area contributed by atoms with Gasteiger partial charge in [-0.2, -0.15) is 4.31 Å². The molecular weight excluding hydrogens is 454 g/mol. The van der Waals surface area contributed by atoms with Crippen molar-refractivity contribution < 1.29 is 27.5 Å². The minimum atomic E-state index is -4.44. The fourth-order valence-corrected chi connectivity index (χ4v) is 5.25. The summed E-state index contributed by atoms with van der Waals surface area (Å²) in [6, 6.07) is 15.3. The van der Waals surface area contributed by atoms with Gasteiger partial charge in [0.25, 0.3) is 15.9 Å². The first kappa shape index (κ1) is 21.5. The monoisotopic (exact) mass is 469 g/mol. The number of sulfonamides is 1. The molecule has 0 radical (unpaired) electrons. The lowest BCUT2D eigenvalue weighted by molar-refractivity contribution is 0.0696. The quantitative estimate of drug-likeness (QED) is 0.470. The number of amides is 1. The van der Waals surface area contributed by atoms with Gasteiger partial charge in [-0.25, -0.2) is 18.0 Å². The Hall–Kier alpha value is -3.76. The number of benzene rings is 3. The first-order chi connectivity index (χ1) is 15.2. The number of fused-ring (bicyclic) bond motifs is 1. The molecule has 1 heterocycles. The second kappa shape index (κ2) is 8.06. The molecular formula is C22H15NO7S2. The molecule has 0 atom stereocenters. The summed E-state index contributed by atoms with van der Waals surface area (Å²) in [5.74, 6) is -2.00. The molecule has 4 aromatic rings. The molecule has 32 heavy (non-hydrogen) atoms. The zero-order valence-electron chi connectivity index (χ0n) is 16.5. The Morgan fingerprint density at radius 1 is 1.00 bits per heavy atom. The highest BCUT2D eigenvalue weighted by atomic mass is 32.2. The fraction of sp³-hybridized carbons (Fsp3) is 0.0455. The molecule has 0 saturated heterocycles. The van der Waals surface area contributed by atoms with Crippen LogP contribution in [0.5, 0.6) is 0 Å². The number of carbonyl (C=O) groups is 2. The zero-order valence-corrected chi connectivity index (χ0v) is 18.1. The summed E-state index contributed by atoms with van der Waals surface area (Å²) in [5, 5.41) is 9.09. The molecule has 1 N–H and O–H groups in total. The van der Waals surface area contributed by atoms with Crippen molar-refractivity contribution in [1.29, 1.82) is 0 Å². The standard InChI is InChI=1S/C22H15NO7S2/c1-13-4-2-3-5-17(13)20(24)23(15-8-11-18-19(12-15)31-22(27)30-18)32(28,29)16-9-6-14(7-10-16)21(25)26/h2-12H,1H3,(H,25,26). The lowest BCUT2D eigenvalue weighted by Crippen LogP contribution is -2.37. The molecule has 0 spiro atoms. The highest BCUT2D eigenvalue weighted by Gasteiger charge is 2.33. The number of hydrogen-bond acceptors (Lipinski definition) is 7. The van der Waals surface area contributed by atoms with Crippen LogP contribution in [0.3, 0.4) is 0 Å². The maximum Gasteiger partial charge on any atom is 0.396 e. The van der Waals surface area contributed by atoms with Gasteiger partial charge in [0.1, 0.15) is 5.58 Å². The van der Waals surface area contributed by atoms with E-state index in [0.29, 0.717) is 14.6 Å². The van der Waals surface area contributed by atoms with Crippen LogP contribution in [0.25, 0.3) is 10.3 Å².